The predicted molar refractivity (Wildman–Crippen MR) is 78.4 cm³/mol. The van der Waals surface area contributed by atoms with E-state index >= 15 is 0 Å². The third-order valence-corrected chi connectivity index (χ3v) is 2.67. The number of carbonyl (C=O) groups excluding carboxylic acids is 2. The average Bonchev–Trinajstić information content (AvgIpc) is 2.40. The Morgan fingerprint density at radius 1 is 0.952 bits per heavy atom. The molecule has 0 fully saturated rings. The van der Waals surface area contributed by atoms with Gasteiger partial charge in [-0.15, -0.1) is 0 Å². The average molecular weight is 288 g/mol. The monoisotopic (exact) mass is 288 g/mol. The van der Waals surface area contributed by atoms with Crippen molar-refractivity contribution in [2.45, 2.75) is 0 Å². The summed E-state index contributed by atoms with van der Waals surface area (Å²) in [6.07, 6.45) is 0. The van der Waals surface area contributed by atoms with E-state index in [1.54, 1.807) is 24.3 Å². The zero-order valence-electron chi connectivity index (χ0n) is 10.9. The molecule has 108 valence electrons. The van der Waals surface area contributed by atoms with Gasteiger partial charge in [-0.05, 0) is 42.5 Å². The van der Waals surface area contributed by atoms with E-state index in [0.29, 0.717) is 11.4 Å². The van der Waals surface area contributed by atoms with Gasteiger partial charge in [-0.2, -0.15) is 0 Å². The van der Waals surface area contributed by atoms with Crippen LogP contribution in [-0.2, 0) is 0 Å². The fourth-order valence-corrected chi connectivity index (χ4v) is 1.72. The van der Waals surface area contributed by atoms with Crippen LogP contribution in [0.25, 0.3) is 0 Å². The third kappa shape index (κ3) is 3.69. The Balaban J connectivity index is 2.10. The standard InChI is InChI=1S/C14H13FN4O2/c15-8-1-6-11(12(16)7-8)13(20)18-9-2-4-10(5-3-9)19-14(17)21/h1-7H,16H2,(H,18,20)(H3,17,19,21). The molecule has 0 saturated carbocycles. The van der Waals surface area contributed by atoms with Crippen LogP contribution in [0, 0.1) is 5.82 Å². The molecular weight excluding hydrogens is 275 g/mol. The van der Waals surface area contributed by atoms with E-state index in [-0.39, 0.29) is 11.3 Å². The number of hydrogen-bond donors (Lipinski definition) is 4. The van der Waals surface area contributed by atoms with E-state index in [9.17, 15) is 14.0 Å². The molecule has 0 heterocycles. The van der Waals surface area contributed by atoms with Gasteiger partial charge in [-0.1, -0.05) is 0 Å². The summed E-state index contributed by atoms with van der Waals surface area (Å²) in [5.41, 5.74) is 11.8. The van der Waals surface area contributed by atoms with Gasteiger partial charge >= 0.3 is 6.03 Å². The highest BCUT2D eigenvalue weighted by Crippen LogP contribution is 2.17. The van der Waals surface area contributed by atoms with Crippen LogP contribution in [0.4, 0.5) is 26.2 Å². The second-order valence-electron chi connectivity index (χ2n) is 4.25. The van der Waals surface area contributed by atoms with Gasteiger partial charge in [0.1, 0.15) is 5.82 Å². The summed E-state index contributed by atoms with van der Waals surface area (Å²) >= 11 is 0. The second kappa shape index (κ2) is 5.91. The van der Waals surface area contributed by atoms with Crippen molar-refractivity contribution in [1.29, 1.82) is 0 Å². The maximum Gasteiger partial charge on any atom is 0.316 e. The number of urea groups is 1. The smallest absolute Gasteiger partial charge is 0.316 e. The van der Waals surface area contributed by atoms with Crippen molar-refractivity contribution in [3.05, 3.63) is 53.8 Å². The first-order chi connectivity index (χ1) is 9.95. The Labute approximate surface area is 119 Å². The van der Waals surface area contributed by atoms with Crippen molar-refractivity contribution in [3.8, 4) is 0 Å². The summed E-state index contributed by atoms with van der Waals surface area (Å²) in [4.78, 5) is 22.7. The number of primary amides is 1. The highest BCUT2D eigenvalue weighted by atomic mass is 19.1. The fraction of sp³-hybridized carbons (Fsp3) is 0. The fourth-order valence-electron chi connectivity index (χ4n) is 1.72. The second-order valence-corrected chi connectivity index (χ2v) is 4.25. The Hall–Kier alpha value is -3.09. The number of nitrogen functional groups attached to an aromatic ring is 1. The van der Waals surface area contributed by atoms with Crippen LogP contribution >= 0.6 is 0 Å². The molecule has 7 heteroatoms. The van der Waals surface area contributed by atoms with E-state index in [1.165, 1.54) is 6.07 Å². The first kappa shape index (κ1) is 14.3. The van der Waals surface area contributed by atoms with Crippen molar-refractivity contribution < 1.29 is 14.0 Å². The Morgan fingerprint density at radius 2 is 1.52 bits per heavy atom. The number of benzene rings is 2. The molecule has 6 N–H and O–H groups in total. The summed E-state index contributed by atoms with van der Waals surface area (Å²) in [5, 5.41) is 5.01. The van der Waals surface area contributed by atoms with E-state index in [2.05, 4.69) is 10.6 Å². The van der Waals surface area contributed by atoms with Crippen LogP contribution in [0.2, 0.25) is 0 Å². The number of carbonyl (C=O) groups is 2. The first-order valence-corrected chi connectivity index (χ1v) is 5.98. The quantitative estimate of drug-likeness (QED) is 0.649. The number of hydrogen-bond acceptors (Lipinski definition) is 3. The Kier molecular flexibility index (Phi) is 4.03. The summed E-state index contributed by atoms with van der Waals surface area (Å²) in [6, 6.07) is 9.20. The molecule has 2 rings (SSSR count). The van der Waals surface area contributed by atoms with Gasteiger partial charge in [-0.3, -0.25) is 4.79 Å². The van der Waals surface area contributed by atoms with E-state index < -0.39 is 17.8 Å². The van der Waals surface area contributed by atoms with E-state index in [1.807, 2.05) is 0 Å². The molecule has 0 spiro atoms. The highest BCUT2D eigenvalue weighted by molar-refractivity contribution is 6.07. The molecule has 0 aliphatic heterocycles. The van der Waals surface area contributed by atoms with Gasteiger partial charge in [0, 0.05) is 17.1 Å². The van der Waals surface area contributed by atoms with Gasteiger partial charge < -0.3 is 22.1 Å². The number of nitrogens with two attached hydrogens (primary N) is 2. The van der Waals surface area contributed by atoms with Crippen LogP contribution in [0.3, 0.4) is 0 Å². The van der Waals surface area contributed by atoms with Crippen LogP contribution in [0.15, 0.2) is 42.5 Å². The van der Waals surface area contributed by atoms with Crippen LogP contribution < -0.4 is 22.1 Å². The minimum atomic E-state index is -0.675. The zero-order chi connectivity index (χ0) is 15.4. The minimum absolute atomic E-state index is 0.0551. The van der Waals surface area contributed by atoms with Crippen LogP contribution in [0.5, 0.6) is 0 Å². The number of rotatable bonds is 3. The molecule has 2 aromatic rings. The minimum Gasteiger partial charge on any atom is -0.398 e. The molecule has 0 aromatic heterocycles. The molecule has 0 atom stereocenters. The number of amides is 3. The van der Waals surface area contributed by atoms with Crippen molar-refractivity contribution in [3.63, 3.8) is 0 Å². The normalized spacial score (nSPS) is 9.95. The summed E-state index contributed by atoms with van der Waals surface area (Å²) < 4.78 is 12.9. The SMILES string of the molecule is NC(=O)Nc1ccc(NC(=O)c2ccc(F)cc2N)cc1. The molecule has 0 radical (unpaired) electrons. The van der Waals surface area contributed by atoms with Crippen molar-refractivity contribution in [1.82, 2.24) is 0 Å². The maximum atomic E-state index is 12.9. The molecular formula is C14H13FN4O2. The molecule has 3 amide bonds. The topological polar surface area (TPSA) is 110 Å². The highest BCUT2D eigenvalue weighted by Gasteiger charge is 2.10. The summed E-state index contributed by atoms with van der Waals surface area (Å²) in [6.45, 7) is 0. The molecule has 21 heavy (non-hydrogen) atoms. The zero-order valence-corrected chi connectivity index (χ0v) is 10.9. The molecule has 0 aliphatic rings. The Morgan fingerprint density at radius 3 is 2.05 bits per heavy atom. The van der Waals surface area contributed by atoms with Gasteiger partial charge in [0.25, 0.3) is 5.91 Å². The van der Waals surface area contributed by atoms with Gasteiger partial charge in [0.15, 0.2) is 0 Å². The lowest BCUT2D eigenvalue weighted by molar-refractivity contribution is 0.102. The number of nitrogens with one attached hydrogen (secondary N) is 2. The first-order valence-electron chi connectivity index (χ1n) is 5.98. The molecule has 0 unspecified atom stereocenters. The molecule has 0 saturated heterocycles. The molecule has 0 bridgehead atoms. The number of anilines is 3. The van der Waals surface area contributed by atoms with Crippen molar-refractivity contribution in [2.75, 3.05) is 16.4 Å². The van der Waals surface area contributed by atoms with Crippen molar-refractivity contribution >= 4 is 29.0 Å². The predicted octanol–water partition coefficient (Wildman–Crippen LogP) is 2.15. The largest absolute Gasteiger partial charge is 0.398 e. The number of halogens is 1. The summed E-state index contributed by atoms with van der Waals surface area (Å²) in [5.74, 6) is -0.964. The van der Waals surface area contributed by atoms with Crippen LogP contribution in [-0.4, -0.2) is 11.9 Å². The van der Waals surface area contributed by atoms with Gasteiger partial charge in [-0.25, -0.2) is 9.18 Å². The van der Waals surface area contributed by atoms with Gasteiger partial charge in [0.05, 0.1) is 5.56 Å². The van der Waals surface area contributed by atoms with E-state index in [0.717, 1.165) is 12.1 Å². The Bertz CT molecular complexity index is 686. The van der Waals surface area contributed by atoms with Crippen molar-refractivity contribution in [2.24, 2.45) is 5.73 Å². The van der Waals surface area contributed by atoms with Gasteiger partial charge in [0.2, 0.25) is 0 Å². The molecule has 2 aromatic carbocycles. The van der Waals surface area contributed by atoms with Crippen LogP contribution in [0.1, 0.15) is 10.4 Å². The summed E-state index contributed by atoms with van der Waals surface area (Å²) in [7, 11) is 0. The lowest BCUT2D eigenvalue weighted by atomic mass is 10.1. The molecule has 6 nitrogen and oxygen atoms in total. The maximum absolute atomic E-state index is 12.9. The molecule has 0 aliphatic carbocycles. The lowest BCUT2D eigenvalue weighted by Crippen LogP contribution is -2.19. The van der Waals surface area contributed by atoms with E-state index in [4.69, 9.17) is 11.5 Å². The third-order valence-electron chi connectivity index (χ3n) is 2.67. The lowest BCUT2D eigenvalue weighted by Gasteiger charge is -2.08.